The summed E-state index contributed by atoms with van der Waals surface area (Å²) in [7, 11) is 1.64. The highest BCUT2D eigenvalue weighted by molar-refractivity contribution is 6.31. The fourth-order valence-electron chi connectivity index (χ4n) is 4.27. The molecule has 1 aliphatic heterocycles. The van der Waals surface area contributed by atoms with Crippen LogP contribution < -0.4 is 5.32 Å². The van der Waals surface area contributed by atoms with Gasteiger partial charge in [0, 0.05) is 50.1 Å². The summed E-state index contributed by atoms with van der Waals surface area (Å²) in [6.45, 7) is 1.61. The smallest absolute Gasteiger partial charge is 0.262 e. The summed E-state index contributed by atoms with van der Waals surface area (Å²) in [5, 5.41) is 14.0. The van der Waals surface area contributed by atoms with E-state index in [1.54, 1.807) is 13.2 Å². The molecule has 0 bridgehead atoms. The Morgan fingerprint density at radius 2 is 2.16 bits per heavy atom. The van der Waals surface area contributed by atoms with E-state index in [0.29, 0.717) is 25.2 Å². The van der Waals surface area contributed by atoms with Gasteiger partial charge in [0.2, 0.25) is 5.67 Å². The number of aromatic nitrogens is 1. The molecule has 2 unspecified atom stereocenters. The molecule has 1 aromatic carbocycles. The minimum absolute atomic E-state index is 0.0460. The van der Waals surface area contributed by atoms with Crippen LogP contribution in [0.5, 0.6) is 0 Å². The number of hydrogen-bond acceptors (Lipinski definition) is 5. The molecule has 0 saturated carbocycles. The number of nitrogens with one attached hydrogen (secondary N) is 1. The number of methoxy groups -OCH3 is 1. The predicted octanol–water partition coefficient (Wildman–Crippen LogP) is 2.67. The fourth-order valence-corrected chi connectivity index (χ4v) is 4.50. The second-order valence-electron chi connectivity index (χ2n) is 8.20. The van der Waals surface area contributed by atoms with Gasteiger partial charge in [-0.15, -0.1) is 0 Å². The fraction of sp³-hybridized carbons (Fsp3) is 0.455. The molecule has 31 heavy (non-hydrogen) atoms. The Balaban J connectivity index is 1.53. The van der Waals surface area contributed by atoms with Crippen LogP contribution in [0.4, 0.5) is 8.78 Å². The van der Waals surface area contributed by atoms with Crippen LogP contribution in [-0.4, -0.2) is 53.7 Å². The third-order valence-electron chi connectivity index (χ3n) is 6.12. The quantitative estimate of drug-likeness (QED) is 0.706. The van der Waals surface area contributed by atoms with Crippen LogP contribution in [0.3, 0.4) is 0 Å². The van der Waals surface area contributed by atoms with Gasteiger partial charge in [0.25, 0.3) is 5.91 Å². The normalized spacial score (nSPS) is 26.2. The minimum atomic E-state index is -2.34. The first-order valence-electron chi connectivity index (χ1n) is 10.1. The largest absolute Gasteiger partial charge is 0.382 e. The number of fused-ring (bicyclic) bond motifs is 1. The van der Waals surface area contributed by atoms with Crippen molar-refractivity contribution in [2.45, 2.75) is 36.8 Å². The Morgan fingerprint density at radius 1 is 1.39 bits per heavy atom. The molecule has 2 aromatic rings. The Labute approximate surface area is 184 Å². The molecule has 1 aliphatic carbocycles. The lowest BCUT2D eigenvalue weighted by atomic mass is 9.74. The zero-order valence-electron chi connectivity index (χ0n) is 17.1. The Morgan fingerprint density at radius 3 is 2.87 bits per heavy atom. The minimum Gasteiger partial charge on any atom is -0.382 e. The van der Waals surface area contributed by atoms with Gasteiger partial charge in [-0.1, -0.05) is 23.7 Å². The molecule has 2 atom stereocenters. The number of pyridine rings is 1. The number of carbonyl (C=O) groups excluding carboxylic acids is 1. The number of rotatable bonds is 6. The van der Waals surface area contributed by atoms with Gasteiger partial charge in [-0.3, -0.25) is 14.7 Å². The van der Waals surface area contributed by atoms with Crippen LogP contribution in [0.2, 0.25) is 5.02 Å². The van der Waals surface area contributed by atoms with Crippen molar-refractivity contribution in [1.82, 2.24) is 15.2 Å². The molecule has 1 aromatic heterocycles. The molecule has 1 saturated heterocycles. The first-order chi connectivity index (χ1) is 14.7. The highest BCUT2D eigenvalue weighted by Gasteiger charge is 2.52. The number of hydrogen-bond donors (Lipinski definition) is 2. The summed E-state index contributed by atoms with van der Waals surface area (Å²) >= 11 is 6.00. The topological polar surface area (TPSA) is 74.7 Å². The maximum absolute atomic E-state index is 16.0. The zero-order valence-corrected chi connectivity index (χ0v) is 17.8. The number of amides is 1. The van der Waals surface area contributed by atoms with Gasteiger partial charge in [-0.2, -0.15) is 0 Å². The molecular weight excluding hydrogens is 428 g/mol. The van der Waals surface area contributed by atoms with Crippen molar-refractivity contribution in [1.29, 1.82) is 0 Å². The van der Waals surface area contributed by atoms with Crippen LogP contribution in [0.1, 0.15) is 29.7 Å². The van der Waals surface area contributed by atoms with E-state index in [1.165, 1.54) is 24.4 Å². The first-order valence-corrected chi connectivity index (χ1v) is 10.5. The molecule has 1 fully saturated rings. The van der Waals surface area contributed by atoms with Gasteiger partial charge >= 0.3 is 0 Å². The lowest BCUT2D eigenvalue weighted by Crippen LogP contribution is -2.58. The number of nitrogens with zero attached hydrogens (tertiary/aromatic N) is 2. The molecule has 2 N–H and O–H groups in total. The molecule has 1 amide bonds. The highest BCUT2D eigenvalue weighted by Crippen LogP contribution is 2.46. The van der Waals surface area contributed by atoms with Crippen LogP contribution in [0.25, 0.3) is 0 Å². The summed E-state index contributed by atoms with van der Waals surface area (Å²) in [6, 6.07) is 6.84. The summed E-state index contributed by atoms with van der Waals surface area (Å²) in [5.74, 6) is -1.33. The second kappa shape index (κ2) is 8.43. The number of ether oxygens (including phenoxy) is 1. The predicted molar refractivity (Wildman–Crippen MR) is 111 cm³/mol. The van der Waals surface area contributed by atoms with Gasteiger partial charge < -0.3 is 15.2 Å². The molecule has 0 radical (unpaired) electrons. The number of benzene rings is 1. The van der Waals surface area contributed by atoms with E-state index >= 15 is 4.39 Å². The number of likely N-dealkylation sites (tertiary alicyclic amines) is 1. The first kappa shape index (κ1) is 22.1. The van der Waals surface area contributed by atoms with Crippen LogP contribution >= 0.6 is 11.6 Å². The number of carbonyl (C=O) groups is 1. The summed E-state index contributed by atoms with van der Waals surface area (Å²) in [6.07, 6.45) is 1.47. The molecule has 4 rings (SSSR count). The Kier molecular flexibility index (Phi) is 6.00. The molecule has 2 aliphatic rings. The number of halogens is 3. The lowest BCUT2D eigenvalue weighted by molar-refractivity contribution is -0.139. The van der Waals surface area contributed by atoms with Gasteiger partial charge in [0.15, 0.2) is 0 Å². The average molecular weight is 452 g/mol. The maximum Gasteiger partial charge on any atom is 0.262 e. The van der Waals surface area contributed by atoms with Gasteiger partial charge in [-0.05, 0) is 36.6 Å². The third kappa shape index (κ3) is 4.17. The SMILES string of the molecule is COC1CN(CC2(O)CCC(F)(C(=O)NCc3ccc(F)cc3Cl)c3cccnc32)C1. The molecule has 166 valence electrons. The van der Waals surface area contributed by atoms with Crippen molar-refractivity contribution in [3.05, 3.63) is 64.2 Å². The highest BCUT2D eigenvalue weighted by atomic mass is 35.5. The lowest BCUT2D eigenvalue weighted by Gasteiger charge is -2.46. The molecular formula is C22H24ClF2N3O3. The summed E-state index contributed by atoms with van der Waals surface area (Å²) in [5.41, 5.74) is -2.98. The standard InChI is InChI=1S/C22H24ClF2N3O3/c1-31-16-11-28(12-16)13-21(30)6-7-22(25,17-3-2-8-26-19(17)21)20(29)27-10-14-4-5-15(24)9-18(14)23/h2-5,8-9,16,30H,6-7,10-13H2,1H3,(H,27,29). The van der Waals surface area contributed by atoms with E-state index in [0.717, 1.165) is 6.07 Å². The van der Waals surface area contributed by atoms with Crippen molar-refractivity contribution in [3.8, 4) is 0 Å². The molecule has 9 heteroatoms. The zero-order chi connectivity index (χ0) is 22.2. The van der Waals surface area contributed by atoms with Crippen molar-refractivity contribution in [2.75, 3.05) is 26.7 Å². The number of alkyl halides is 1. The average Bonchev–Trinajstić information content (AvgIpc) is 2.73. The molecule has 6 nitrogen and oxygen atoms in total. The number of aliphatic hydroxyl groups is 1. The van der Waals surface area contributed by atoms with E-state index in [1.807, 2.05) is 4.90 Å². The monoisotopic (exact) mass is 451 g/mol. The van der Waals surface area contributed by atoms with Crippen LogP contribution in [0, 0.1) is 5.82 Å². The second-order valence-corrected chi connectivity index (χ2v) is 8.61. The maximum atomic E-state index is 16.0. The third-order valence-corrected chi connectivity index (χ3v) is 6.47. The molecule has 0 spiro atoms. The van der Waals surface area contributed by atoms with Crippen molar-refractivity contribution >= 4 is 17.5 Å². The van der Waals surface area contributed by atoms with E-state index in [4.69, 9.17) is 16.3 Å². The van der Waals surface area contributed by atoms with E-state index < -0.39 is 23.0 Å². The Bertz CT molecular complexity index is 988. The van der Waals surface area contributed by atoms with Gasteiger partial charge in [-0.25, -0.2) is 8.78 Å². The van der Waals surface area contributed by atoms with E-state index in [-0.39, 0.29) is 41.8 Å². The van der Waals surface area contributed by atoms with Crippen LogP contribution in [0.15, 0.2) is 36.5 Å². The van der Waals surface area contributed by atoms with Crippen molar-refractivity contribution < 1.29 is 23.4 Å². The van der Waals surface area contributed by atoms with E-state index in [9.17, 15) is 14.3 Å². The van der Waals surface area contributed by atoms with E-state index in [2.05, 4.69) is 10.3 Å². The summed E-state index contributed by atoms with van der Waals surface area (Å²) in [4.78, 5) is 19.2. The number of β-amino-alcohol motifs (C(OH)–C–C–N with tert-alkyl or cyclic N) is 1. The van der Waals surface area contributed by atoms with Crippen molar-refractivity contribution in [2.24, 2.45) is 0 Å². The van der Waals surface area contributed by atoms with Gasteiger partial charge in [0.05, 0.1) is 11.8 Å². The molecule has 2 heterocycles. The van der Waals surface area contributed by atoms with Crippen LogP contribution in [-0.2, 0) is 27.3 Å². The Hall–Kier alpha value is -2.13. The van der Waals surface area contributed by atoms with Gasteiger partial charge in [0.1, 0.15) is 11.4 Å². The summed E-state index contributed by atoms with van der Waals surface area (Å²) < 4.78 is 34.5. The van der Waals surface area contributed by atoms with Crippen molar-refractivity contribution in [3.63, 3.8) is 0 Å².